The number of carbonyl (C=O) groups excluding carboxylic acids is 2. The molecule has 7 nitrogen and oxygen atoms in total. The molecule has 4 saturated carbocycles. The zero-order chi connectivity index (χ0) is 22.5. The number of nitrogens with zero attached hydrogens (tertiary/aromatic N) is 3. The van der Waals surface area contributed by atoms with Crippen LogP contribution in [-0.2, 0) is 22.3 Å². The summed E-state index contributed by atoms with van der Waals surface area (Å²) >= 11 is 0. The Morgan fingerprint density at radius 1 is 1.03 bits per heavy atom. The average Bonchev–Trinajstić information content (AvgIpc) is 3.13. The average molecular weight is 449 g/mol. The molecule has 0 radical (unpaired) electrons. The number of hydrogen-bond acceptors (Lipinski definition) is 4. The van der Waals surface area contributed by atoms with Gasteiger partial charge in [-0.25, -0.2) is 0 Å². The predicted molar refractivity (Wildman–Crippen MR) is 108 cm³/mol. The highest BCUT2D eigenvalue weighted by atomic mass is 19.4. The molecule has 4 bridgehead atoms. The number of amides is 2. The molecular formula is C22H26F3N5O2. The van der Waals surface area contributed by atoms with Crippen LogP contribution in [0.3, 0.4) is 0 Å². The molecule has 0 aliphatic heterocycles. The van der Waals surface area contributed by atoms with Gasteiger partial charge in [0, 0.05) is 24.6 Å². The van der Waals surface area contributed by atoms with E-state index in [2.05, 4.69) is 20.8 Å². The summed E-state index contributed by atoms with van der Waals surface area (Å²) in [5, 5.41) is 13.3. The molecule has 2 amide bonds. The van der Waals surface area contributed by atoms with Gasteiger partial charge in [0.1, 0.15) is 0 Å². The standard InChI is InChI=1S/C22H26F3N5O2/c23-22(24,25)16-1-2-17-28-29-18(30(17)12-16)11-27-19(31)3-4-26-20(32)21-8-13-5-14(9-21)7-15(6-13)10-21/h1-2,12-15H,3-11H2,(H,26,32)(H,27,31). The first-order valence-electron chi connectivity index (χ1n) is 11.2. The van der Waals surface area contributed by atoms with Gasteiger partial charge in [0.05, 0.1) is 12.1 Å². The summed E-state index contributed by atoms with van der Waals surface area (Å²) in [6.45, 7) is 0.190. The van der Waals surface area contributed by atoms with Gasteiger partial charge in [-0.2, -0.15) is 13.2 Å². The highest BCUT2D eigenvalue weighted by Crippen LogP contribution is 2.60. The largest absolute Gasteiger partial charge is 0.417 e. The van der Waals surface area contributed by atoms with E-state index in [0.29, 0.717) is 17.8 Å². The van der Waals surface area contributed by atoms with Crippen molar-refractivity contribution in [2.24, 2.45) is 23.2 Å². The summed E-state index contributed by atoms with van der Waals surface area (Å²) in [6, 6.07) is 2.18. The van der Waals surface area contributed by atoms with Crippen LogP contribution in [0.15, 0.2) is 18.3 Å². The Morgan fingerprint density at radius 3 is 2.31 bits per heavy atom. The fraction of sp³-hybridized carbons (Fsp3) is 0.636. The number of nitrogens with one attached hydrogen (secondary N) is 2. The molecule has 4 fully saturated rings. The van der Waals surface area contributed by atoms with Gasteiger partial charge in [-0.3, -0.25) is 14.0 Å². The molecule has 32 heavy (non-hydrogen) atoms. The number of halogens is 3. The minimum absolute atomic E-state index is 0.0514. The van der Waals surface area contributed by atoms with Crippen LogP contribution >= 0.6 is 0 Å². The van der Waals surface area contributed by atoms with Crippen molar-refractivity contribution in [3.05, 3.63) is 29.7 Å². The van der Waals surface area contributed by atoms with E-state index < -0.39 is 11.7 Å². The van der Waals surface area contributed by atoms with E-state index in [1.54, 1.807) is 0 Å². The number of carbonyl (C=O) groups is 2. The number of alkyl halides is 3. The molecule has 0 spiro atoms. The number of rotatable bonds is 6. The number of fused-ring (bicyclic) bond motifs is 1. The molecule has 4 aliphatic rings. The van der Waals surface area contributed by atoms with Crippen LogP contribution in [-0.4, -0.2) is 33.0 Å². The molecule has 0 aromatic carbocycles. The molecule has 4 aliphatic carbocycles. The summed E-state index contributed by atoms with van der Waals surface area (Å²) in [6.07, 6.45) is 3.23. The van der Waals surface area contributed by atoms with Crippen LogP contribution in [0, 0.1) is 23.2 Å². The molecule has 2 N–H and O–H groups in total. The number of pyridine rings is 1. The van der Waals surface area contributed by atoms with Crippen LogP contribution in [0.25, 0.3) is 5.65 Å². The highest BCUT2D eigenvalue weighted by molar-refractivity contribution is 5.84. The van der Waals surface area contributed by atoms with Crippen molar-refractivity contribution in [1.82, 2.24) is 25.2 Å². The number of hydrogen-bond donors (Lipinski definition) is 2. The molecule has 0 atom stereocenters. The molecule has 2 heterocycles. The first-order valence-corrected chi connectivity index (χ1v) is 11.2. The minimum Gasteiger partial charge on any atom is -0.355 e. The third-order valence-corrected chi connectivity index (χ3v) is 7.40. The van der Waals surface area contributed by atoms with Gasteiger partial charge < -0.3 is 10.6 Å². The predicted octanol–water partition coefficient (Wildman–Crippen LogP) is 3.09. The summed E-state index contributed by atoms with van der Waals surface area (Å²) in [5.41, 5.74) is -0.795. The summed E-state index contributed by atoms with van der Waals surface area (Å²) in [4.78, 5) is 25.2. The summed E-state index contributed by atoms with van der Waals surface area (Å²) < 4.78 is 40.1. The molecule has 10 heteroatoms. The second-order valence-electron chi connectivity index (χ2n) is 9.74. The van der Waals surface area contributed by atoms with E-state index >= 15 is 0 Å². The van der Waals surface area contributed by atoms with E-state index in [9.17, 15) is 22.8 Å². The Morgan fingerprint density at radius 2 is 1.69 bits per heavy atom. The van der Waals surface area contributed by atoms with Gasteiger partial charge in [0.15, 0.2) is 11.5 Å². The fourth-order valence-corrected chi connectivity index (χ4v) is 6.36. The first-order chi connectivity index (χ1) is 15.2. The van der Waals surface area contributed by atoms with Crippen molar-refractivity contribution in [2.45, 2.75) is 57.7 Å². The Hall–Kier alpha value is -2.65. The van der Waals surface area contributed by atoms with Crippen molar-refractivity contribution in [2.75, 3.05) is 6.54 Å². The van der Waals surface area contributed by atoms with Crippen molar-refractivity contribution in [3.63, 3.8) is 0 Å². The molecular weight excluding hydrogens is 423 g/mol. The Kier molecular flexibility index (Phi) is 5.13. The van der Waals surface area contributed by atoms with E-state index in [4.69, 9.17) is 0 Å². The Balaban J connectivity index is 1.13. The molecule has 0 unspecified atom stereocenters. The molecule has 172 valence electrons. The lowest BCUT2D eigenvalue weighted by molar-refractivity contribution is -0.146. The Labute approximate surface area is 183 Å². The van der Waals surface area contributed by atoms with Crippen molar-refractivity contribution in [1.29, 1.82) is 0 Å². The van der Waals surface area contributed by atoms with Crippen molar-refractivity contribution < 1.29 is 22.8 Å². The van der Waals surface area contributed by atoms with Gasteiger partial charge in [0.2, 0.25) is 11.8 Å². The molecule has 2 aromatic heterocycles. The number of aromatic nitrogens is 3. The third-order valence-electron chi connectivity index (χ3n) is 7.40. The lowest BCUT2D eigenvalue weighted by Crippen LogP contribution is -2.53. The van der Waals surface area contributed by atoms with Crippen LogP contribution in [0.4, 0.5) is 13.2 Å². The lowest BCUT2D eigenvalue weighted by atomic mass is 9.49. The summed E-state index contributed by atoms with van der Waals surface area (Å²) in [7, 11) is 0. The van der Waals surface area contributed by atoms with Crippen LogP contribution in [0.5, 0.6) is 0 Å². The van der Waals surface area contributed by atoms with Gasteiger partial charge in [0.25, 0.3) is 0 Å². The highest BCUT2D eigenvalue weighted by Gasteiger charge is 2.54. The van der Waals surface area contributed by atoms with E-state index in [-0.39, 0.29) is 48.2 Å². The van der Waals surface area contributed by atoms with Crippen LogP contribution in [0.1, 0.15) is 56.3 Å². The maximum Gasteiger partial charge on any atom is 0.417 e. The smallest absolute Gasteiger partial charge is 0.355 e. The SMILES string of the molecule is O=C(CCNC(=O)C12CC3CC(CC(C3)C1)C2)NCc1nnc2ccc(C(F)(F)F)cn12. The fourth-order valence-electron chi connectivity index (χ4n) is 6.36. The maximum absolute atomic E-state index is 13.0. The molecule has 6 rings (SSSR count). The second kappa shape index (κ2) is 7.74. The molecule has 0 saturated heterocycles. The quantitative estimate of drug-likeness (QED) is 0.710. The van der Waals surface area contributed by atoms with E-state index in [1.165, 1.54) is 29.7 Å². The Bertz CT molecular complexity index is 1010. The minimum atomic E-state index is -4.48. The van der Waals surface area contributed by atoms with Crippen molar-refractivity contribution in [3.8, 4) is 0 Å². The monoisotopic (exact) mass is 449 g/mol. The summed E-state index contributed by atoms with van der Waals surface area (Å²) in [5.74, 6) is 1.99. The third kappa shape index (κ3) is 3.95. The lowest BCUT2D eigenvalue weighted by Gasteiger charge is -2.55. The van der Waals surface area contributed by atoms with Gasteiger partial charge in [-0.05, 0) is 68.4 Å². The maximum atomic E-state index is 13.0. The van der Waals surface area contributed by atoms with Gasteiger partial charge in [-0.15, -0.1) is 10.2 Å². The van der Waals surface area contributed by atoms with E-state index in [0.717, 1.165) is 31.5 Å². The second-order valence-corrected chi connectivity index (χ2v) is 9.74. The van der Waals surface area contributed by atoms with Gasteiger partial charge in [-0.1, -0.05) is 0 Å². The zero-order valence-electron chi connectivity index (χ0n) is 17.6. The topological polar surface area (TPSA) is 88.4 Å². The van der Waals surface area contributed by atoms with Crippen molar-refractivity contribution >= 4 is 17.5 Å². The van der Waals surface area contributed by atoms with Gasteiger partial charge >= 0.3 is 6.18 Å². The van der Waals surface area contributed by atoms with Crippen LogP contribution in [0.2, 0.25) is 0 Å². The first kappa shape index (κ1) is 21.2. The molecule has 2 aromatic rings. The normalized spacial score (nSPS) is 28.8. The zero-order valence-corrected chi connectivity index (χ0v) is 17.6. The van der Waals surface area contributed by atoms with E-state index in [1.807, 2.05) is 0 Å². The van der Waals surface area contributed by atoms with Crippen LogP contribution < -0.4 is 10.6 Å².